The van der Waals surface area contributed by atoms with E-state index in [1.54, 1.807) is 24.3 Å². The van der Waals surface area contributed by atoms with Gasteiger partial charge >= 0.3 is 5.97 Å². The number of anilines is 2. The number of carbonyl (C=O) groups is 4. The van der Waals surface area contributed by atoms with Crippen molar-refractivity contribution in [3.63, 3.8) is 0 Å². The number of carbonyl (C=O) groups excluding carboxylic acids is 4. The van der Waals surface area contributed by atoms with Crippen LogP contribution in [0, 0.1) is 23.7 Å². The number of nitrogens with one attached hydrogen (secondary N) is 1. The van der Waals surface area contributed by atoms with E-state index in [0.717, 1.165) is 12.8 Å². The van der Waals surface area contributed by atoms with Gasteiger partial charge in [0.15, 0.2) is 6.61 Å². The first-order valence-corrected chi connectivity index (χ1v) is 13.5. The smallest absolute Gasteiger partial charge is 0.338 e. The molecule has 3 aromatic rings. The summed E-state index contributed by atoms with van der Waals surface area (Å²) in [7, 11) is 0. The fourth-order valence-corrected chi connectivity index (χ4v) is 7.02. The molecule has 9 heteroatoms. The topological polar surface area (TPSA) is 92.8 Å². The van der Waals surface area contributed by atoms with Gasteiger partial charge in [-0.25, -0.2) is 4.79 Å². The fourth-order valence-electron chi connectivity index (χ4n) is 6.56. The van der Waals surface area contributed by atoms with Gasteiger partial charge in [-0.2, -0.15) is 0 Å². The summed E-state index contributed by atoms with van der Waals surface area (Å²) < 4.78 is 5.17. The summed E-state index contributed by atoms with van der Waals surface area (Å²) in [5.74, 6) is -1.83. The van der Waals surface area contributed by atoms with Crippen molar-refractivity contribution in [2.75, 3.05) is 16.8 Å². The number of halogens is 2. The van der Waals surface area contributed by atoms with Crippen molar-refractivity contribution in [1.29, 1.82) is 0 Å². The molecule has 0 radical (unpaired) electrons. The van der Waals surface area contributed by atoms with Gasteiger partial charge in [0.1, 0.15) is 0 Å². The van der Waals surface area contributed by atoms with Crippen molar-refractivity contribution < 1.29 is 23.9 Å². The summed E-state index contributed by atoms with van der Waals surface area (Å²) >= 11 is 11.9. The second kappa shape index (κ2) is 10.1. The van der Waals surface area contributed by atoms with Crippen LogP contribution in [0.3, 0.4) is 0 Å². The molecule has 0 aromatic heterocycles. The van der Waals surface area contributed by atoms with Crippen LogP contribution in [0.4, 0.5) is 11.4 Å². The molecule has 198 valence electrons. The maximum absolute atomic E-state index is 13.6. The van der Waals surface area contributed by atoms with Crippen LogP contribution < -0.4 is 10.2 Å². The number of fused-ring (bicyclic) bond motifs is 5. The summed E-state index contributed by atoms with van der Waals surface area (Å²) in [6.07, 6.45) is 1.79. The Morgan fingerprint density at radius 1 is 0.897 bits per heavy atom. The van der Waals surface area contributed by atoms with Gasteiger partial charge in [-0.15, -0.1) is 0 Å². The third kappa shape index (κ3) is 4.60. The zero-order valence-corrected chi connectivity index (χ0v) is 22.2. The molecule has 39 heavy (non-hydrogen) atoms. The fraction of sp³-hybridized carbons (Fsp3) is 0.267. The second-order valence-electron chi connectivity index (χ2n) is 10.3. The Balaban J connectivity index is 1.14. The van der Waals surface area contributed by atoms with Crippen LogP contribution in [0.25, 0.3) is 0 Å². The van der Waals surface area contributed by atoms with Crippen LogP contribution in [0.1, 0.15) is 34.7 Å². The van der Waals surface area contributed by atoms with Crippen LogP contribution in [0.2, 0.25) is 10.0 Å². The highest BCUT2D eigenvalue weighted by Gasteiger charge is 2.64. The number of imide groups is 1. The number of hydrogen-bond acceptors (Lipinski definition) is 5. The van der Waals surface area contributed by atoms with E-state index >= 15 is 0 Å². The van der Waals surface area contributed by atoms with Gasteiger partial charge in [0.2, 0.25) is 11.8 Å². The lowest BCUT2D eigenvalue weighted by atomic mass is 9.73. The molecule has 3 aromatic carbocycles. The van der Waals surface area contributed by atoms with Gasteiger partial charge in [-0.1, -0.05) is 59.6 Å². The van der Waals surface area contributed by atoms with Gasteiger partial charge in [0.25, 0.3) is 5.91 Å². The Kier molecular flexibility index (Phi) is 6.65. The Labute approximate surface area is 235 Å². The van der Waals surface area contributed by atoms with Crippen molar-refractivity contribution in [2.45, 2.75) is 18.8 Å². The Morgan fingerprint density at radius 2 is 1.67 bits per heavy atom. The summed E-state index contributed by atoms with van der Waals surface area (Å²) in [5, 5.41) is 3.24. The van der Waals surface area contributed by atoms with E-state index < -0.39 is 18.5 Å². The van der Waals surface area contributed by atoms with Crippen molar-refractivity contribution in [1.82, 2.24) is 0 Å². The monoisotopic (exact) mass is 562 g/mol. The molecule has 2 aliphatic carbocycles. The molecule has 3 amide bonds. The van der Waals surface area contributed by atoms with Crippen LogP contribution in [0.5, 0.6) is 0 Å². The first-order chi connectivity index (χ1) is 18.8. The molecular weight excluding hydrogens is 539 g/mol. The second-order valence-corrected chi connectivity index (χ2v) is 11.1. The number of esters is 1. The largest absolute Gasteiger partial charge is 0.452 e. The standard InChI is InChI=1S/C30H24Cl2N2O5/c31-19-9-10-24(23(32)14-19)33-25(35)15-39-30(38)17-7-4-8-20(11-17)34-28(36)26-18-12-21(16-5-2-1-3-6-16)22(13-18)27(26)29(34)37/h1-11,14,18,21-22,26-27H,12-13,15H2,(H,33,35)/t18-,21+,22+,26+,27+/m0/s1. The Hall–Kier alpha value is -3.68. The number of rotatable bonds is 6. The predicted molar refractivity (Wildman–Crippen MR) is 147 cm³/mol. The minimum Gasteiger partial charge on any atom is -0.452 e. The molecule has 1 saturated heterocycles. The Bertz CT molecular complexity index is 1490. The highest BCUT2D eigenvalue weighted by atomic mass is 35.5. The van der Waals surface area contributed by atoms with E-state index in [1.807, 2.05) is 18.2 Å². The SMILES string of the molecule is O=C(COC(=O)c1cccc(N2C(=O)[C@@H]3[C@@H]4C[C@@H]([C@H]3C2=O)[C@@H](c2ccccc2)C4)c1)Nc1ccc(Cl)cc1Cl. The average Bonchev–Trinajstić information content (AvgIpc) is 3.60. The van der Waals surface area contributed by atoms with Gasteiger partial charge in [0.05, 0.1) is 33.8 Å². The molecule has 3 aliphatic rings. The predicted octanol–water partition coefficient (Wildman–Crippen LogP) is 5.72. The van der Waals surface area contributed by atoms with Crippen LogP contribution in [-0.2, 0) is 19.1 Å². The van der Waals surface area contributed by atoms with E-state index in [0.29, 0.717) is 16.4 Å². The van der Waals surface area contributed by atoms with Crippen molar-refractivity contribution in [2.24, 2.45) is 23.7 Å². The summed E-state index contributed by atoms with van der Waals surface area (Å²) in [6.45, 7) is -0.544. The summed E-state index contributed by atoms with van der Waals surface area (Å²) in [4.78, 5) is 53.3. The molecule has 1 heterocycles. The van der Waals surface area contributed by atoms with E-state index in [-0.39, 0.29) is 52.0 Å². The number of amides is 3. The number of benzene rings is 3. The number of hydrogen-bond donors (Lipinski definition) is 1. The maximum Gasteiger partial charge on any atom is 0.338 e. The lowest BCUT2D eigenvalue weighted by molar-refractivity contribution is -0.123. The molecule has 5 atom stereocenters. The Morgan fingerprint density at radius 3 is 2.44 bits per heavy atom. The molecule has 7 nitrogen and oxygen atoms in total. The van der Waals surface area contributed by atoms with Gasteiger partial charge in [-0.05, 0) is 72.6 Å². The van der Waals surface area contributed by atoms with Gasteiger partial charge in [-0.3, -0.25) is 19.3 Å². The van der Waals surface area contributed by atoms with Gasteiger partial charge in [0, 0.05) is 5.02 Å². The molecule has 1 N–H and O–H groups in total. The maximum atomic E-state index is 13.6. The first-order valence-electron chi connectivity index (χ1n) is 12.8. The van der Waals surface area contributed by atoms with E-state index in [1.165, 1.54) is 28.7 Å². The minimum atomic E-state index is -0.752. The zero-order chi connectivity index (χ0) is 27.3. The molecule has 2 saturated carbocycles. The quantitative estimate of drug-likeness (QED) is 0.306. The third-order valence-electron chi connectivity index (χ3n) is 8.12. The van der Waals surface area contributed by atoms with E-state index in [9.17, 15) is 19.2 Å². The molecule has 0 unspecified atom stereocenters. The molecule has 0 spiro atoms. The molecule has 6 rings (SSSR count). The van der Waals surface area contributed by atoms with E-state index in [2.05, 4.69) is 17.4 Å². The highest BCUT2D eigenvalue weighted by molar-refractivity contribution is 6.36. The molecule has 1 aliphatic heterocycles. The molecule has 3 fully saturated rings. The summed E-state index contributed by atoms with van der Waals surface area (Å²) in [5.41, 5.74) is 2.02. The first kappa shape index (κ1) is 25.6. The van der Waals surface area contributed by atoms with Gasteiger partial charge < -0.3 is 10.1 Å². The van der Waals surface area contributed by atoms with Crippen LogP contribution in [-0.4, -0.2) is 30.3 Å². The molecule has 2 bridgehead atoms. The third-order valence-corrected chi connectivity index (χ3v) is 8.67. The number of ether oxygens (including phenoxy) is 1. The van der Waals surface area contributed by atoms with Crippen molar-refractivity contribution >= 4 is 58.3 Å². The van der Waals surface area contributed by atoms with Crippen LogP contribution in [0.15, 0.2) is 72.8 Å². The summed E-state index contributed by atoms with van der Waals surface area (Å²) in [6, 6.07) is 21.0. The minimum absolute atomic E-state index is 0.129. The van der Waals surface area contributed by atoms with Crippen molar-refractivity contribution in [3.8, 4) is 0 Å². The van der Waals surface area contributed by atoms with Crippen LogP contribution >= 0.6 is 23.2 Å². The zero-order valence-electron chi connectivity index (χ0n) is 20.7. The highest BCUT2D eigenvalue weighted by Crippen LogP contribution is 2.61. The van der Waals surface area contributed by atoms with Crippen molar-refractivity contribution in [3.05, 3.63) is 94.0 Å². The lowest BCUT2D eigenvalue weighted by Crippen LogP contribution is -2.33. The lowest BCUT2D eigenvalue weighted by Gasteiger charge is -2.28. The molecular formula is C30H24Cl2N2O5. The average molecular weight is 563 g/mol. The van der Waals surface area contributed by atoms with E-state index in [4.69, 9.17) is 27.9 Å². The number of nitrogens with zero attached hydrogens (tertiary/aromatic N) is 1. The normalized spacial score (nSPS) is 25.1.